The van der Waals surface area contributed by atoms with Crippen molar-refractivity contribution in [2.75, 3.05) is 6.61 Å². The van der Waals surface area contributed by atoms with Crippen LogP contribution in [0.15, 0.2) is 48.5 Å². The molecule has 30 heavy (non-hydrogen) atoms. The van der Waals surface area contributed by atoms with Crippen LogP contribution in [0.1, 0.15) is 76.1 Å². The molecule has 0 fully saturated rings. The molecule has 162 valence electrons. The fourth-order valence-corrected chi connectivity index (χ4v) is 3.24. The molecule has 0 aliphatic heterocycles. The third-order valence-corrected chi connectivity index (χ3v) is 5.34. The summed E-state index contributed by atoms with van der Waals surface area (Å²) >= 11 is 0. The number of rotatable bonds is 12. The van der Waals surface area contributed by atoms with Crippen LogP contribution in [0.3, 0.4) is 0 Å². The molecule has 0 radical (unpaired) electrons. The molecule has 0 spiro atoms. The van der Waals surface area contributed by atoms with Gasteiger partial charge in [0.2, 0.25) is 0 Å². The quantitative estimate of drug-likeness (QED) is 0.158. The maximum atomic E-state index is 12.3. The molecule has 2 aromatic rings. The zero-order chi connectivity index (χ0) is 21.8. The Kier molecular flexibility index (Phi) is 10.1. The molecule has 1 unspecified atom stereocenters. The number of benzene rings is 2. The lowest BCUT2D eigenvalue weighted by atomic mass is 9.95. The zero-order valence-corrected chi connectivity index (χ0v) is 18.5. The summed E-state index contributed by atoms with van der Waals surface area (Å²) in [7, 11) is 0. The van der Waals surface area contributed by atoms with E-state index >= 15 is 0 Å². The van der Waals surface area contributed by atoms with Gasteiger partial charge in [-0.3, -0.25) is 4.79 Å². The summed E-state index contributed by atoms with van der Waals surface area (Å²) in [4.78, 5) is 24.4. The average Bonchev–Trinajstić information content (AvgIpc) is 2.78. The number of carbonyl (C=O) groups excluding carboxylic acids is 2. The highest BCUT2D eigenvalue weighted by molar-refractivity contribution is 5.98. The minimum absolute atomic E-state index is 0.00730. The lowest BCUT2D eigenvalue weighted by molar-refractivity contribution is 0.0926. The van der Waals surface area contributed by atoms with Crippen LogP contribution in [0.2, 0.25) is 0 Å². The average molecular weight is 411 g/mol. The molecule has 0 aliphatic rings. The Bertz CT molecular complexity index is 795. The molecule has 0 N–H and O–H groups in total. The molecule has 0 amide bonds. The molecule has 4 nitrogen and oxygen atoms in total. The summed E-state index contributed by atoms with van der Waals surface area (Å²) in [6, 6.07) is 14.8. The monoisotopic (exact) mass is 410 g/mol. The van der Waals surface area contributed by atoms with Crippen molar-refractivity contribution in [2.24, 2.45) is 5.92 Å². The van der Waals surface area contributed by atoms with Crippen LogP contribution in [-0.2, 0) is 4.74 Å². The van der Waals surface area contributed by atoms with Gasteiger partial charge in [-0.05, 0) is 24.5 Å². The second kappa shape index (κ2) is 12.8. The zero-order valence-electron chi connectivity index (χ0n) is 18.5. The Labute approximate surface area is 180 Å². The Balaban J connectivity index is 1.94. The maximum Gasteiger partial charge on any atom is 0.513 e. The number of ketones is 1. The van der Waals surface area contributed by atoms with Crippen molar-refractivity contribution < 1.29 is 19.1 Å². The Morgan fingerprint density at radius 2 is 1.53 bits per heavy atom. The van der Waals surface area contributed by atoms with Crippen molar-refractivity contribution >= 4 is 11.9 Å². The standard InChI is InChI=1S/C26H34O4/c1-4-6-7-8-9-12-19-29-26(28)30-24-14-11-10-13-23(24)21-15-17-22(18-16-21)25(27)20(3)5-2/h10-11,13-18,20H,4-9,12,19H2,1-3H3. The summed E-state index contributed by atoms with van der Waals surface area (Å²) in [5, 5.41) is 0. The van der Waals surface area contributed by atoms with Crippen molar-refractivity contribution in [3.8, 4) is 16.9 Å². The molecular weight excluding hydrogens is 376 g/mol. The van der Waals surface area contributed by atoms with E-state index in [9.17, 15) is 9.59 Å². The summed E-state index contributed by atoms with van der Waals surface area (Å²) < 4.78 is 10.7. The van der Waals surface area contributed by atoms with E-state index in [1.54, 1.807) is 6.07 Å². The number of para-hydroxylation sites is 1. The van der Waals surface area contributed by atoms with Gasteiger partial charge in [-0.2, -0.15) is 0 Å². The van der Waals surface area contributed by atoms with Gasteiger partial charge in [0.05, 0.1) is 6.61 Å². The second-order valence-electron chi connectivity index (χ2n) is 7.72. The van der Waals surface area contributed by atoms with Crippen LogP contribution < -0.4 is 4.74 Å². The Morgan fingerprint density at radius 3 is 2.23 bits per heavy atom. The summed E-state index contributed by atoms with van der Waals surface area (Å²) in [6.45, 7) is 6.52. The van der Waals surface area contributed by atoms with Gasteiger partial charge in [0, 0.05) is 17.0 Å². The number of unbranched alkanes of at least 4 members (excludes halogenated alkanes) is 5. The van der Waals surface area contributed by atoms with Crippen molar-refractivity contribution in [2.45, 2.75) is 65.7 Å². The van der Waals surface area contributed by atoms with Gasteiger partial charge in [0.25, 0.3) is 0 Å². The molecular formula is C26H34O4. The van der Waals surface area contributed by atoms with E-state index in [2.05, 4.69) is 6.92 Å². The van der Waals surface area contributed by atoms with Crippen molar-refractivity contribution in [3.63, 3.8) is 0 Å². The van der Waals surface area contributed by atoms with Gasteiger partial charge >= 0.3 is 6.16 Å². The molecule has 2 aromatic carbocycles. The summed E-state index contributed by atoms with van der Waals surface area (Å²) in [5.41, 5.74) is 2.37. The van der Waals surface area contributed by atoms with Gasteiger partial charge in [-0.15, -0.1) is 0 Å². The fourth-order valence-electron chi connectivity index (χ4n) is 3.24. The molecule has 0 heterocycles. The van der Waals surface area contributed by atoms with E-state index in [0.717, 1.165) is 30.4 Å². The van der Waals surface area contributed by atoms with Crippen molar-refractivity contribution in [3.05, 3.63) is 54.1 Å². The predicted octanol–water partition coefficient (Wildman–Crippen LogP) is 7.46. The van der Waals surface area contributed by atoms with Crippen molar-refractivity contribution in [1.82, 2.24) is 0 Å². The van der Waals surface area contributed by atoms with Gasteiger partial charge < -0.3 is 9.47 Å². The smallest absolute Gasteiger partial charge is 0.434 e. The molecule has 0 bridgehead atoms. The first-order valence-corrected chi connectivity index (χ1v) is 11.1. The number of carbonyl (C=O) groups is 2. The van der Waals surface area contributed by atoms with Crippen LogP contribution in [0, 0.1) is 5.92 Å². The van der Waals surface area contributed by atoms with E-state index < -0.39 is 6.16 Å². The summed E-state index contributed by atoms with van der Waals surface area (Å²) in [5.74, 6) is 0.603. The highest BCUT2D eigenvalue weighted by Crippen LogP contribution is 2.30. The van der Waals surface area contributed by atoms with Gasteiger partial charge in [-0.25, -0.2) is 4.79 Å². The largest absolute Gasteiger partial charge is 0.513 e. The number of ether oxygens (including phenoxy) is 2. The third-order valence-electron chi connectivity index (χ3n) is 5.34. The van der Waals surface area contributed by atoms with Gasteiger partial charge in [0.1, 0.15) is 5.75 Å². The number of Topliss-reactive ketones (excluding diaryl/α,β-unsaturated/α-hetero) is 1. The SMILES string of the molecule is CCCCCCCCOC(=O)Oc1ccccc1-c1ccc(C(=O)C(C)CC)cc1. The molecule has 0 saturated carbocycles. The Morgan fingerprint density at radius 1 is 0.867 bits per heavy atom. The minimum atomic E-state index is -0.681. The maximum absolute atomic E-state index is 12.3. The normalized spacial score (nSPS) is 11.7. The number of hydrogen-bond donors (Lipinski definition) is 0. The van der Waals surface area contributed by atoms with Crippen molar-refractivity contribution in [1.29, 1.82) is 0 Å². The topological polar surface area (TPSA) is 52.6 Å². The first kappa shape index (κ1) is 23.7. The predicted molar refractivity (Wildman–Crippen MR) is 121 cm³/mol. The summed E-state index contributed by atoms with van der Waals surface area (Å²) in [6.07, 6.45) is 6.93. The molecule has 4 heteroatoms. The fraction of sp³-hybridized carbons (Fsp3) is 0.462. The van der Waals surface area contributed by atoms with E-state index in [4.69, 9.17) is 9.47 Å². The lowest BCUT2D eigenvalue weighted by Gasteiger charge is -2.12. The van der Waals surface area contributed by atoms with E-state index in [1.165, 1.54) is 25.7 Å². The first-order valence-electron chi connectivity index (χ1n) is 11.1. The van der Waals surface area contributed by atoms with Crippen LogP contribution >= 0.6 is 0 Å². The van der Waals surface area contributed by atoms with Gasteiger partial charge in [0.15, 0.2) is 5.78 Å². The van der Waals surface area contributed by atoms with Crippen LogP contribution in [0.4, 0.5) is 4.79 Å². The molecule has 0 aromatic heterocycles. The van der Waals surface area contributed by atoms with E-state index in [0.29, 0.717) is 17.9 Å². The van der Waals surface area contributed by atoms with Gasteiger partial charge in [-0.1, -0.05) is 95.3 Å². The Hall–Kier alpha value is -2.62. The van der Waals surface area contributed by atoms with E-state index in [-0.39, 0.29) is 11.7 Å². The molecule has 2 rings (SSSR count). The second-order valence-corrected chi connectivity index (χ2v) is 7.72. The van der Waals surface area contributed by atoms with Crippen LogP contribution in [0.25, 0.3) is 11.1 Å². The minimum Gasteiger partial charge on any atom is -0.434 e. The molecule has 1 atom stereocenters. The molecule has 0 saturated heterocycles. The first-order chi connectivity index (χ1) is 14.6. The number of hydrogen-bond acceptors (Lipinski definition) is 4. The van der Waals surface area contributed by atoms with E-state index in [1.807, 2.05) is 56.3 Å². The van der Waals surface area contributed by atoms with Crippen LogP contribution in [-0.4, -0.2) is 18.5 Å². The third kappa shape index (κ3) is 7.33. The highest BCUT2D eigenvalue weighted by Gasteiger charge is 2.15. The highest BCUT2D eigenvalue weighted by atomic mass is 16.7. The lowest BCUT2D eigenvalue weighted by Crippen LogP contribution is -2.12. The van der Waals surface area contributed by atoms with Crippen LogP contribution in [0.5, 0.6) is 5.75 Å². The molecule has 0 aliphatic carbocycles.